The number of ether oxygens (including phenoxy) is 1. The van der Waals surface area contributed by atoms with Gasteiger partial charge in [0.15, 0.2) is 5.96 Å². The molecule has 0 fully saturated rings. The zero-order valence-corrected chi connectivity index (χ0v) is 21.1. The Morgan fingerprint density at radius 3 is 2.59 bits per heavy atom. The highest BCUT2D eigenvalue weighted by molar-refractivity contribution is 14.0. The minimum absolute atomic E-state index is 0. The molecule has 2 rings (SSSR count). The van der Waals surface area contributed by atoms with Gasteiger partial charge in [0.1, 0.15) is 5.75 Å². The van der Waals surface area contributed by atoms with Crippen LogP contribution in [0, 0.1) is 20.8 Å². The number of aromatic nitrogens is 2. The average molecular weight is 513 g/mol. The molecule has 0 aliphatic carbocycles. The summed E-state index contributed by atoms with van der Waals surface area (Å²) in [5, 5.41) is 11.4. The topological polar surface area (TPSA) is 63.5 Å². The fourth-order valence-electron chi connectivity index (χ4n) is 3.41. The number of guanidine groups is 1. The van der Waals surface area contributed by atoms with E-state index in [1.807, 2.05) is 17.8 Å². The van der Waals surface area contributed by atoms with Gasteiger partial charge in [-0.15, -0.1) is 24.0 Å². The number of rotatable bonds is 8. The van der Waals surface area contributed by atoms with E-state index in [1.165, 1.54) is 22.4 Å². The zero-order valence-electron chi connectivity index (χ0n) is 18.8. The van der Waals surface area contributed by atoms with Gasteiger partial charge >= 0.3 is 0 Å². The van der Waals surface area contributed by atoms with Crippen LogP contribution in [0.4, 0.5) is 0 Å². The molecule has 6 nitrogen and oxygen atoms in total. The number of nitrogens with one attached hydrogen (secondary N) is 2. The molecule has 7 heteroatoms. The van der Waals surface area contributed by atoms with Gasteiger partial charge in [0.25, 0.3) is 0 Å². The molecule has 2 aromatic rings. The van der Waals surface area contributed by atoms with Crippen LogP contribution < -0.4 is 15.4 Å². The highest BCUT2D eigenvalue weighted by Crippen LogP contribution is 2.20. The van der Waals surface area contributed by atoms with E-state index < -0.39 is 0 Å². The van der Waals surface area contributed by atoms with Crippen molar-refractivity contribution in [1.29, 1.82) is 0 Å². The Morgan fingerprint density at radius 1 is 1.28 bits per heavy atom. The monoisotopic (exact) mass is 513 g/mol. The quantitative estimate of drug-likeness (QED) is 0.321. The normalized spacial score (nSPS) is 12.3. The molecule has 0 saturated carbocycles. The first-order valence-corrected chi connectivity index (χ1v) is 10.0. The Kier molecular flexibility index (Phi) is 10.5. The molecule has 0 spiro atoms. The molecule has 0 bridgehead atoms. The number of hydrogen-bond donors (Lipinski definition) is 2. The van der Waals surface area contributed by atoms with Crippen molar-refractivity contribution in [3.05, 3.63) is 46.3 Å². The van der Waals surface area contributed by atoms with Crippen molar-refractivity contribution in [2.45, 2.75) is 53.5 Å². The summed E-state index contributed by atoms with van der Waals surface area (Å²) in [6.07, 6.45) is 1.76. The number of halogens is 1. The van der Waals surface area contributed by atoms with Crippen molar-refractivity contribution in [2.75, 3.05) is 20.2 Å². The Morgan fingerprint density at radius 2 is 2.00 bits per heavy atom. The lowest BCUT2D eigenvalue weighted by Crippen LogP contribution is -2.43. The number of aryl methyl sites for hydroxylation is 3. The maximum absolute atomic E-state index is 5.47. The Labute approximate surface area is 192 Å². The molecule has 1 unspecified atom stereocenters. The second-order valence-electron chi connectivity index (χ2n) is 7.35. The Bertz CT molecular complexity index is 816. The van der Waals surface area contributed by atoms with Crippen molar-refractivity contribution in [3.63, 3.8) is 0 Å². The summed E-state index contributed by atoms with van der Waals surface area (Å²) >= 11 is 0. The van der Waals surface area contributed by atoms with E-state index in [0.29, 0.717) is 6.54 Å². The van der Waals surface area contributed by atoms with Gasteiger partial charge in [-0.25, -0.2) is 0 Å². The zero-order chi connectivity index (χ0) is 20.7. The average Bonchev–Trinajstić information content (AvgIpc) is 2.88. The van der Waals surface area contributed by atoms with Gasteiger partial charge in [-0.05, 0) is 64.7 Å². The third-order valence-electron chi connectivity index (χ3n) is 4.98. The highest BCUT2D eigenvalue weighted by atomic mass is 127. The second-order valence-corrected chi connectivity index (χ2v) is 7.35. The number of methoxy groups -OCH3 is 1. The van der Waals surface area contributed by atoms with Crippen LogP contribution >= 0.6 is 24.0 Å². The van der Waals surface area contributed by atoms with Crippen LogP contribution in [0.25, 0.3) is 0 Å². The van der Waals surface area contributed by atoms with E-state index in [9.17, 15) is 0 Å². The maximum Gasteiger partial charge on any atom is 0.191 e. The van der Waals surface area contributed by atoms with Crippen LogP contribution in [0.1, 0.15) is 41.9 Å². The van der Waals surface area contributed by atoms with E-state index in [0.717, 1.165) is 36.8 Å². The van der Waals surface area contributed by atoms with Crippen LogP contribution in [0.15, 0.2) is 23.2 Å². The predicted molar refractivity (Wildman–Crippen MR) is 132 cm³/mol. The summed E-state index contributed by atoms with van der Waals surface area (Å²) in [7, 11) is 3.71. The van der Waals surface area contributed by atoms with E-state index in [2.05, 4.69) is 62.5 Å². The lowest BCUT2D eigenvalue weighted by Gasteiger charge is -2.18. The van der Waals surface area contributed by atoms with Gasteiger partial charge < -0.3 is 15.4 Å². The van der Waals surface area contributed by atoms with Gasteiger partial charge in [0.05, 0.1) is 12.8 Å². The minimum Gasteiger partial charge on any atom is -0.496 e. The van der Waals surface area contributed by atoms with Gasteiger partial charge in [0, 0.05) is 31.9 Å². The summed E-state index contributed by atoms with van der Waals surface area (Å²) in [6, 6.07) is 6.53. The van der Waals surface area contributed by atoms with Crippen molar-refractivity contribution in [1.82, 2.24) is 20.4 Å². The summed E-state index contributed by atoms with van der Waals surface area (Å²) in [6.45, 7) is 12.1. The van der Waals surface area contributed by atoms with E-state index in [-0.39, 0.29) is 30.0 Å². The first-order valence-electron chi connectivity index (χ1n) is 10.0. The van der Waals surface area contributed by atoms with Crippen LogP contribution in [-0.4, -0.2) is 42.0 Å². The molecule has 0 aliphatic heterocycles. The summed E-state index contributed by atoms with van der Waals surface area (Å²) < 4.78 is 7.42. The molecule has 0 saturated heterocycles. The van der Waals surface area contributed by atoms with Crippen LogP contribution in [0.2, 0.25) is 0 Å². The third-order valence-corrected chi connectivity index (χ3v) is 4.98. The fourth-order valence-corrected chi connectivity index (χ4v) is 3.41. The van der Waals surface area contributed by atoms with Crippen molar-refractivity contribution in [2.24, 2.45) is 12.0 Å². The maximum atomic E-state index is 5.47. The van der Waals surface area contributed by atoms with Gasteiger partial charge in [-0.3, -0.25) is 9.67 Å². The lowest BCUT2D eigenvalue weighted by atomic mass is 10.1. The van der Waals surface area contributed by atoms with E-state index >= 15 is 0 Å². The van der Waals surface area contributed by atoms with Gasteiger partial charge in [-0.1, -0.05) is 17.7 Å². The first-order chi connectivity index (χ1) is 13.3. The van der Waals surface area contributed by atoms with Gasteiger partial charge in [0.2, 0.25) is 0 Å². The predicted octanol–water partition coefficient (Wildman–Crippen LogP) is 3.70. The third kappa shape index (κ3) is 7.21. The first kappa shape index (κ1) is 25.3. The summed E-state index contributed by atoms with van der Waals surface area (Å²) in [5.41, 5.74) is 6.06. The Hall–Kier alpha value is -1.77. The van der Waals surface area contributed by atoms with Gasteiger partial charge in [-0.2, -0.15) is 5.10 Å². The molecule has 1 heterocycles. The van der Waals surface area contributed by atoms with Crippen LogP contribution in [-0.2, 0) is 19.9 Å². The molecular formula is C22H36IN5O. The van der Waals surface area contributed by atoms with Crippen LogP contribution in [0.5, 0.6) is 5.75 Å². The molecule has 1 atom stereocenters. The van der Waals surface area contributed by atoms with E-state index in [1.54, 1.807) is 7.11 Å². The fraction of sp³-hybridized carbons (Fsp3) is 0.545. The molecule has 2 N–H and O–H groups in total. The number of nitrogens with zero attached hydrogens (tertiary/aromatic N) is 3. The van der Waals surface area contributed by atoms with E-state index in [4.69, 9.17) is 9.73 Å². The molecule has 162 valence electrons. The summed E-state index contributed by atoms with van der Waals surface area (Å²) in [4.78, 5) is 4.76. The molecular weight excluding hydrogens is 477 g/mol. The van der Waals surface area contributed by atoms with Crippen LogP contribution in [0.3, 0.4) is 0 Å². The smallest absolute Gasteiger partial charge is 0.191 e. The second kappa shape index (κ2) is 12.0. The molecule has 0 radical (unpaired) electrons. The molecule has 0 amide bonds. The van der Waals surface area contributed by atoms with Crippen molar-refractivity contribution in [3.8, 4) is 5.75 Å². The molecule has 1 aromatic carbocycles. The number of benzene rings is 1. The SMILES string of the molecule is CCNC(=NCCc1cc(C)ccc1OC)NC(C)Cc1c(C)nn(C)c1C.I. The summed E-state index contributed by atoms with van der Waals surface area (Å²) in [5.74, 6) is 1.77. The molecule has 0 aliphatic rings. The minimum atomic E-state index is 0. The van der Waals surface area contributed by atoms with Crippen molar-refractivity contribution < 1.29 is 4.74 Å². The highest BCUT2D eigenvalue weighted by Gasteiger charge is 2.14. The standard InChI is InChI=1S/C22H35N5O.HI/c1-8-23-22(24-12-11-19-13-15(2)9-10-21(19)28-7)25-16(3)14-20-17(4)26-27(6)18(20)5;/h9-10,13,16H,8,11-12,14H2,1-7H3,(H2,23,24,25);1H. The number of aliphatic imine (C=N–C) groups is 1. The largest absolute Gasteiger partial charge is 0.496 e. The number of hydrogen-bond acceptors (Lipinski definition) is 3. The molecule has 1 aromatic heterocycles. The molecule has 29 heavy (non-hydrogen) atoms. The lowest BCUT2D eigenvalue weighted by molar-refractivity contribution is 0.409. The Balaban J connectivity index is 0.00000420. The van der Waals surface area contributed by atoms with Crippen molar-refractivity contribution >= 4 is 29.9 Å².